The van der Waals surface area contributed by atoms with Crippen molar-refractivity contribution >= 4 is 15.7 Å². The number of benzene rings is 1. The van der Waals surface area contributed by atoms with E-state index in [1.165, 1.54) is 0 Å². The molecular formula is C10H11FN2O4S. The van der Waals surface area contributed by atoms with Gasteiger partial charge in [-0.15, -0.1) is 0 Å². The fourth-order valence-corrected chi connectivity index (χ4v) is 3.18. The molecule has 2 rings (SSSR count). The first kappa shape index (κ1) is 12.9. The average molecular weight is 274 g/mol. The van der Waals surface area contributed by atoms with E-state index in [9.17, 15) is 22.9 Å². The number of nitro groups is 1. The van der Waals surface area contributed by atoms with Crippen LogP contribution in [-0.4, -0.2) is 19.4 Å². The molecule has 0 bridgehead atoms. The standard InChI is InChI=1S/C10H11FN2O4S/c1-6-5-8(6)12-18(16,17)9-4-2-3-7(11)10(9)13(14)15/h2-4,6,8,12H,5H2,1H3. The second-order valence-corrected chi connectivity index (χ2v) is 5.97. The Balaban J connectivity index is 2.44. The van der Waals surface area contributed by atoms with Crippen molar-refractivity contribution in [2.24, 2.45) is 5.92 Å². The van der Waals surface area contributed by atoms with Crippen molar-refractivity contribution in [2.75, 3.05) is 0 Å². The Bertz CT molecular complexity index is 602. The summed E-state index contributed by atoms with van der Waals surface area (Å²) in [4.78, 5) is 9.07. The minimum atomic E-state index is -4.06. The fraction of sp³-hybridized carbons (Fsp3) is 0.400. The SMILES string of the molecule is CC1CC1NS(=O)(=O)c1cccc(F)c1[N+](=O)[O-]. The third kappa shape index (κ3) is 2.34. The molecule has 1 aromatic carbocycles. The number of nitrogens with one attached hydrogen (secondary N) is 1. The van der Waals surface area contributed by atoms with Crippen LogP contribution in [0.5, 0.6) is 0 Å². The lowest BCUT2D eigenvalue weighted by Gasteiger charge is -2.06. The molecule has 18 heavy (non-hydrogen) atoms. The lowest BCUT2D eigenvalue weighted by molar-refractivity contribution is -0.390. The highest BCUT2D eigenvalue weighted by Gasteiger charge is 2.39. The molecule has 0 spiro atoms. The van der Waals surface area contributed by atoms with Gasteiger partial charge in [-0.3, -0.25) is 10.1 Å². The van der Waals surface area contributed by atoms with Crippen LogP contribution < -0.4 is 4.72 Å². The maximum Gasteiger partial charge on any atom is 0.324 e. The molecule has 0 saturated heterocycles. The van der Waals surface area contributed by atoms with Crippen molar-refractivity contribution in [3.05, 3.63) is 34.1 Å². The predicted octanol–water partition coefficient (Wildman–Crippen LogP) is 1.42. The van der Waals surface area contributed by atoms with E-state index < -0.39 is 31.3 Å². The first-order valence-electron chi connectivity index (χ1n) is 5.28. The molecule has 1 N–H and O–H groups in total. The number of rotatable bonds is 4. The van der Waals surface area contributed by atoms with Gasteiger partial charge in [0.2, 0.25) is 15.8 Å². The minimum absolute atomic E-state index is 0.201. The Hall–Kier alpha value is -1.54. The van der Waals surface area contributed by atoms with Crippen LogP contribution in [0.1, 0.15) is 13.3 Å². The van der Waals surface area contributed by atoms with E-state index in [4.69, 9.17) is 0 Å². The van der Waals surface area contributed by atoms with Crippen LogP contribution in [0.2, 0.25) is 0 Å². The smallest absolute Gasteiger partial charge is 0.258 e. The van der Waals surface area contributed by atoms with E-state index in [0.29, 0.717) is 6.42 Å². The van der Waals surface area contributed by atoms with Gasteiger partial charge in [0.15, 0.2) is 4.90 Å². The zero-order valence-electron chi connectivity index (χ0n) is 9.46. The first-order chi connectivity index (χ1) is 8.33. The van der Waals surface area contributed by atoms with Gasteiger partial charge in [-0.2, -0.15) is 4.39 Å². The molecule has 98 valence electrons. The quantitative estimate of drug-likeness (QED) is 0.664. The normalized spacial score (nSPS) is 22.8. The monoisotopic (exact) mass is 274 g/mol. The largest absolute Gasteiger partial charge is 0.324 e. The van der Waals surface area contributed by atoms with E-state index in [0.717, 1.165) is 18.2 Å². The average Bonchev–Trinajstić information content (AvgIpc) is 2.92. The van der Waals surface area contributed by atoms with Gasteiger partial charge in [0, 0.05) is 6.04 Å². The van der Waals surface area contributed by atoms with Crippen molar-refractivity contribution in [3.63, 3.8) is 0 Å². The van der Waals surface area contributed by atoms with Gasteiger partial charge in [-0.05, 0) is 24.5 Å². The van der Waals surface area contributed by atoms with Gasteiger partial charge < -0.3 is 0 Å². The maximum atomic E-state index is 13.3. The van der Waals surface area contributed by atoms with E-state index in [2.05, 4.69) is 4.72 Å². The zero-order chi connectivity index (χ0) is 13.5. The highest BCUT2D eigenvalue weighted by atomic mass is 32.2. The second kappa shape index (κ2) is 4.29. The molecule has 1 aliphatic carbocycles. The summed E-state index contributed by atoms with van der Waals surface area (Å²) < 4.78 is 39.5. The molecule has 0 aliphatic heterocycles. The number of halogens is 1. The van der Waals surface area contributed by atoms with Crippen molar-refractivity contribution in [3.8, 4) is 0 Å². The zero-order valence-corrected chi connectivity index (χ0v) is 10.3. The maximum absolute atomic E-state index is 13.3. The van der Waals surface area contributed by atoms with Crippen LogP contribution in [0, 0.1) is 21.8 Å². The summed E-state index contributed by atoms with van der Waals surface area (Å²) in [5.41, 5.74) is -1.02. The molecule has 0 aromatic heterocycles. The molecular weight excluding hydrogens is 263 g/mol. The number of nitro benzene ring substituents is 1. The van der Waals surface area contributed by atoms with Crippen LogP contribution in [0.25, 0.3) is 0 Å². The van der Waals surface area contributed by atoms with Crippen molar-refractivity contribution in [1.29, 1.82) is 0 Å². The Morgan fingerprint density at radius 2 is 2.11 bits per heavy atom. The van der Waals surface area contributed by atoms with Crippen molar-refractivity contribution < 1.29 is 17.7 Å². The van der Waals surface area contributed by atoms with Crippen molar-refractivity contribution in [2.45, 2.75) is 24.3 Å². The first-order valence-corrected chi connectivity index (χ1v) is 6.76. The van der Waals surface area contributed by atoms with Crippen LogP contribution in [-0.2, 0) is 10.0 Å². The summed E-state index contributed by atoms with van der Waals surface area (Å²) in [5.74, 6) is -0.959. The summed E-state index contributed by atoms with van der Waals surface area (Å²) >= 11 is 0. The van der Waals surface area contributed by atoms with E-state index in [-0.39, 0.29) is 12.0 Å². The minimum Gasteiger partial charge on any atom is -0.258 e. The summed E-state index contributed by atoms with van der Waals surface area (Å²) in [6, 6.07) is 2.79. The highest BCUT2D eigenvalue weighted by molar-refractivity contribution is 7.89. The van der Waals surface area contributed by atoms with Gasteiger partial charge in [0.05, 0.1) is 4.92 Å². The molecule has 1 aromatic rings. The van der Waals surface area contributed by atoms with E-state index in [1.807, 2.05) is 6.92 Å². The Morgan fingerprint density at radius 1 is 1.50 bits per heavy atom. The number of hydrogen-bond donors (Lipinski definition) is 1. The molecule has 1 fully saturated rings. The van der Waals surface area contributed by atoms with Crippen molar-refractivity contribution in [1.82, 2.24) is 4.72 Å². The summed E-state index contributed by atoms with van der Waals surface area (Å²) in [6.07, 6.45) is 0.683. The molecule has 1 aliphatic rings. The van der Waals surface area contributed by atoms with Gasteiger partial charge >= 0.3 is 5.69 Å². The lowest BCUT2D eigenvalue weighted by atomic mass is 10.3. The van der Waals surface area contributed by atoms with Gasteiger partial charge in [-0.1, -0.05) is 13.0 Å². The Labute approximate surface area is 103 Å². The Morgan fingerprint density at radius 3 is 2.61 bits per heavy atom. The highest BCUT2D eigenvalue weighted by Crippen LogP contribution is 2.33. The van der Waals surface area contributed by atoms with Crippen LogP contribution in [0.4, 0.5) is 10.1 Å². The third-order valence-corrected chi connectivity index (χ3v) is 4.36. The summed E-state index contributed by atoms with van der Waals surface area (Å²) in [6.45, 7) is 1.85. The van der Waals surface area contributed by atoms with Crippen LogP contribution >= 0.6 is 0 Å². The number of para-hydroxylation sites is 1. The van der Waals surface area contributed by atoms with Gasteiger partial charge in [-0.25, -0.2) is 13.1 Å². The number of sulfonamides is 1. The number of hydrogen-bond acceptors (Lipinski definition) is 4. The second-order valence-electron chi connectivity index (χ2n) is 4.28. The molecule has 8 heteroatoms. The summed E-state index contributed by atoms with van der Waals surface area (Å²) in [7, 11) is -4.06. The number of nitrogens with zero attached hydrogens (tertiary/aromatic N) is 1. The molecule has 0 heterocycles. The fourth-order valence-electron chi connectivity index (χ4n) is 1.64. The molecule has 2 atom stereocenters. The van der Waals surface area contributed by atoms with Crippen LogP contribution in [0.3, 0.4) is 0 Å². The summed E-state index contributed by atoms with van der Waals surface area (Å²) in [5, 5.41) is 10.7. The van der Waals surface area contributed by atoms with E-state index in [1.54, 1.807) is 0 Å². The van der Waals surface area contributed by atoms with E-state index >= 15 is 0 Å². The van der Waals surface area contributed by atoms with Crippen LogP contribution in [0.15, 0.2) is 23.1 Å². The Kier molecular flexibility index (Phi) is 3.07. The van der Waals surface area contributed by atoms with Gasteiger partial charge in [0.25, 0.3) is 0 Å². The molecule has 6 nitrogen and oxygen atoms in total. The molecule has 1 saturated carbocycles. The third-order valence-electron chi connectivity index (χ3n) is 2.84. The predicted molar refractivity (Wildman–Crippen MR) is 60.9 cm³/mol. The molecule has 2 unspecified atom stereocenters. The molecule has 0 radical (unpaired) electrons. The topological polar surface area (TPSA) is 89.3 Å². The van der Waals surface area contributed by atoms with Gasteiger partial charge in [0.1, 0.15) is 0 Å². The molecule has 0 amide bonds. The lowest BCUT2D eigenvalue weighted by Crippen LogP contribution is -2.27.